The van der Waals surface area contributed by atoms with Crippen molar-refractivity contribution in [2.75, 3.05) is 13.2 Å². The Hall–Kier alpha value is -1.26. The predicted octanol–water partition coefficient (Wildman–Crippen LogP) is 2.73. The molecule has 1 aliphatic rings. The molecule has 0 aliphatic heterocycles. The molecule has 0 aromatic heterocycles. The van der Waals surface area contributed by atoms with E-state index in [1.54, 1.807) is 6.07 Å². The largest absolute Gasteiger partial charge is 0.507 e. The van der Waals surface area contributed by atoms with Gasteiger partial charge in [-0.15, -0.1) is 0 Å². The van der Waals surface area contributed by atoms with Crippen LogP contribution in [0.15, 0.2) is 18.2 Å². The topological polar surface area (TPSA) is 58.6 Å². The van der Waals surface area contributed by atoms with Gasteiger partial charge in [-0.2, -0.15) is 0 Å². The Morgan fingerprint density at radius 1 is 1.42 bits per heavy atom. The van der Waals surface area contributed by atoms with Crippen LogP contribution in [0.25, 0.3) is 0 Å². The zero-order valence-corrected chi connectivity index (χ0v) is 11.4. The lowest BCUT2D eigenvalue weighted by atomic mass is 10.2. The van der Waals surface area contributed by atoms with Crippen LogP contribution in [-0.2, 0) is 4.74 Å². The van der Waals surface area contributed by atoms with Crippen LogP contribution in [0.5, 0.6) is 5.75 Å². The summed E-state index contributed by atoms with van der Waals surface area (Å²) in [5.74, 6) is -0.425. The molecule has 0 spiro atoms. The number of halogens is 1. The van der Waals surface area contributed by atoms with E-state index in [9.17, 15) is 9.90 Å². The number of phenols is 1. The minimum atomic E-state index is -0.316. The maximum absolute atomic E-state index is 11.8. The molecule has 0 saturated heterocycles. The first-order valence-electron chi connectivity index (χ1n) is 6.55. The summed E-state index contributed by atoms with van der Waals surface area (Å²) >= 11 is 5.71. The Labute approximate surface area is 117 Å². The van der Waals surface area contributed by atoms with Crippen LogP contribution in [0.1, 0.15) is 36.0 Å². The normalized spacial score (nSPS) is 15.6. The Bertz CT molecular complexity index is 444. The molecule has 2 rings (SSSR count). The number of aromatic hydroxyl groups is 1. The third kappa shape index (κ3) is 4.11. The molecular weight excluding hydrogens is 266 g/mol. The first kappa shape index (κ1) is 14.2. The van der Waals surface area contributed by atoms with Crippen LogP contribution < -0.4 is 5.32 Å². The fourth-order valence-corrected chi connectivity index (χ4v) is 2.40. The highest BCUT2D eigenvalue weighted by atomic mass is 35.5. The van der Waals surface area contributed by atoms with Gasteiger partial charge in [0.2, 0.25) is 0 Å². The molecule has 1 aliphatic carbocycles. The van der Waals surface area contributed by atoms with Gasteiger partial charge in [-0.05, 0) is 31.0 Å². The molecule has 4 nitrogen and oxygen atoms in total. The molecule has 1 saturated carbocycles. The summed E-state index contributed by atoms with van der Waals surface area (Å²) in [7, 11) is 0. The molecule has 1 fully saturated rings. The van der Waals surface area contributed by atoms with Gasteiger partial charge in [0.1, 0.15) is 5.75 Å². The minimum Gasteiger partial charge on any atom is -0.507 e. The number of amides is 1. The molecule has 0 heterocycles. The van der Waals surface area contributed by atoms with Crippen LogP contribution in [0.2, 0.25) is 5.02 Å². The molecular formula is C14H18ClNO3. The lowest BCUT2D eigenvalue weighted by Gasteiger charge is -2.11. The second-order valence-electron chi connectivity index (χ2n) is 4.69. The average molecular weight is 284 g/mol. The third-order valence-electron chi connectivity index (χ3n) is 3.25. The first-order valence-corrected chi connectivity index (χ1v) is 6.93. The second kappa shape index (κ2) is 6.78. The first-order chi connectivity index (χ1) is 9.16. The Morgan fingerprint density at radius 2 is 2.16 bits per heavy atom. The molecule has 1 aromatic carbocycles. The Balaban J connectivity index is 1.74. The monoisotopic (exact) mass is 283 g/mol. The fourth-order valence-electron chi connectivity index (χ4n) is 2.24. The van der Waals surface area contributed by atoms with Gasteiger partial charge in [-0.25, -0.2) is 0 Å². The summed E-state index contributed by atoms with van der Waals surface area (Å²) in [4.78, 5) is 11.8. The molecule has 0 unspecified atom stereocenters. The lowest BCUT2D eigenvalue weighted by molar-refractivity contribution is 0.0581. The standard InChI is InChI=1S/C14H18ClNO3/c15-10-5-6-12(13(17)9-10)14(18)16-7-8-19-11-3-1-2-4-11/h5-6,9,11,17H,1-4,7-8H2,(H,16,18). The number of nitrogens with one attached hydrogen (secondary N) is 1. The van der Waals surface area contributed by atoms with Gasteiger partial charge in [0.15, 0.2) is 0 Å². The number of carbonyl (C=O) groups is 1. The average Bonchev–Trinajstić information content (AvgIpc) is 2.87. The van der Waals surface area contributed by atoms with Gasteiger partial charge in [-0.1, -0.05) is 24.4 Å². The van der Waals surface area contributed by atoms with Gasteiger partial charge in [0.05, 0.1) is 18.3 Å². The number of carbonyl (C=O) groups excluding carboxylic acids is 1. The van der Waals surface area contributed by atoms with Crippen LogP contribution in [0.3, 0.4) is 0 Å². The van der Waals surface area contributed by atoms with Gasteiger partial charge >= 0.3 is 0 Å². The fraction of sp³-hybridized carbons (Fsp3) is 0.500. The van der Waals surface area contributed by atoms with E-state index in [4.69, 9.17) is 16.3 Å². The third-order valence-corrected chi connectivity index (χ3v) is 3.48. The minimum absolute atomic E-state index is 0.110. The summed E-state index contributed by atoms with van der Waals surface area (Å²) in [5.41, 5.74) is 0.227. The van der Waals surface area contributed by atoms with Crippen molar-refractivity contribution in [3.05, 3.63) is 28.8 Å². The van der Waals surface area contributed by atoms with Crippen LogP contribution in [0, 0.1) is 0 Å². The van der Waals surface area contributed by atoms with Gasteiger partial charge in [-0.3, -0.25) is 4.79 Å². The zero-order valence-electron chi connectivity index (χ0n) is 10.7. The molecule has 0 atom stereocenters. The highest BCUT2D eigenvalue weighted by molar-refractivity contribution is 6.30. The van der Waals surface area contributed by atoms with E-state index < -0.39 is 0 Å². The number of phenolic OH excluding ortho intramolecular Hbond substituents is 1. The Kier molecular flexibility index (Phi) is 5.05. The summed E-state index contributed by atoms with van der Waals surface area (Å²) in [5, 5.41) is 12.7. The molecule has 19 heavy (non-hydrogen) atoms. The molecule has 2 N–H and O–H groups in total. The number of hydrogen-bond acceptors (Lipinski definition) is 3. The van der Waals surface area contributed by atoms with E-state index in [-0.39, 0.29) is 17.2 Å². The number of rotatable bonds is 5. The quantitative estimate of drug-likeness (QED) is 0.817. The highest BCUT2D eigenvalue weighted by Crippen LogP contribution is 2.22. The van der Waals surface area contributed by atoms with E-state index in [1.807, 2.05) is 0 Å². The number of benzene rings is 1. The van der Waals surface area contributed by atoms with Crippen molar-refractivity contribution in [3.63, 3.8) is 0 Å². The maximum atomic E-state index is 11.8. The van der Waals surface area contributed by atoms with Crippen LogP contribution >= 0.6 is 11.6 Å². The van der Waals surface area contributed by atoms with Crippen molar-refractivity contribution in [1.29, 1.82) is 0 Å². The van der Waals surface area contributed by atoms with Gasteiger partial charge in [0, 0.05) is 11.6 Å². The van der Waals surface area contributed by atoms with Crippen molar-refractivity contribution in [1.82, 2.24) is 5.32 Å². The van der Waals surface area contributed by atoms with E-state index in [0.717, 1.165) is 12.8 Å². The van der Waals surface area contributed by atoms with Crippen LogP contribution in [-0.4, -0.2) is 30.3 Å². The molecule has 1 amide bonds. The molecule has 0 bridgehead atoms. The molecule has 5 heteroatoms. The summed E-state index contributed by atoms with van der Waals surface area (Å²) in [6.07, 6.45) is 5.05. The molecule has 0 radical (unpaired) electrons. The molecule has 1 aromatic rings. The Morgan fingerprint density at radius 3 is 2.84 bits per heavy atom. The number of ether oxygens (including phenoxy) is 1. The second-order valence-corrected chi connectivity index (χ2v) is 5.13. The van der Waals surface area contributed by atoms with Gasteiger partial charge < -0.3 is 15.2 Å². The molecule has 104 valence electrons. The smallest absolute Gasteiger partial charge is 0.255 e. The van der Waals surface area contributed by atoms with Crippen LogP contribution in [0.4, 0.5) is 0 Å². The summed E-state index contributed by atoms with van der Waals surface area (Å²) in [6.45, 7) is 0.947. The predicted molar refractivity (Wildman–Crippen MR) is 73.7 cm³/mol. The van der Waals surface area contributed by atoms with E-state index in [1.165, 1.54) is 25.0 Å². The summed E-state index contributed by atoms with van der Waals surface area (Å²) < 4.78 is 5.64. The van der Waals surface area contributed by atoms with E-state index in [0.29, 0.717) is 24.3 Å². The lowest BCUT2D eigenvalue weighted by Crippen LogP contribution is -2.28. The maximum Gasteiger partial charge on any atom is 0.255 e. The van der Waals surface area contributed by atoms with Crippen molar-refractivity contribution < 1.29 is 14.6 Å². The van der Waals surface area contributed by atoms with E-state index in [2.05, 4.69) is 5.32 Å². The van der Waals surface area contributed by atoms with Crippen molar-refractivity contribution in [3.8, 4) is 5.75 Å². The summed E-state index contributed by atoms with van der Waals surface area (Å²) in [6, 6.07) is 4.43. The SMILES string of the molecule is O=C(NCCOC1CCCC1)c1ccc(Cl)cc1O. The van der Waals surface area contributed by atoms with Crippen molar-refractivity contribution >= 4 is 17.5 Å². The van der Waals surface area contributed by atoms with Crippen molar-refractivity contribution in [2.24, 2.45) is 0 Å². The van der Waals surface area contributed by atoms with Gasteiger partial charge in [0.25, 0.3) is 5.91 Å². The zero-order chi connectivity index (χ0) is 13.7. The highest BCUT2D eigenvalue weighted by Gasteiger charge is 2.15. The van der Waals surface area contributed by atoms with Crippen molar-refractivity contribution in [2.45, 2.75) is 31.8 Å². The van der Waals surface area contributed by atoms with E-state index >= 15 is 0 Å². The number of hydrogen-bond donors (Lipinski definition) is 2.